The molecule has 3 aromatic carbocycles. The van der Waals surface area contributed by atoms with Gasteiger partial charge in [-0.1, -0.05) is 24.3 Å². The molecule has 0 saturated carbocycles. The van der Waals surface area contributed by atoms with Crippen molar-refractivity contribution in [2.75, 3.05) is 0 Å². The summed E-state index contributed by atoms with van der Waals surface area (Å²) >= 11 is 0. The van der Waals surface area contributed by atoms with E-state index in [0.717, 1.165) is 36.4 Å². The van der Waals surface area contributed by atoms with Crippen molar-refractivity contribution in [1.29, 1.82) is 0 Å². The molecule has 2 N–H and O–H groups in total. The van der Waals surface area contributed by atoms with Gasteiger partial charge in [0.05, 0.1) is 0 Å². The lowest BCUT2D eigenvalue weighted by molar-refractivity contribution is 0.388. The summed E-state index contributed by atoms with van der Waals surface area (Å²) in [5.74, 6) is -9.54. The van der Waals surface area contributed by atoms with Gasteiger partial charge < -0.3 is 10.2 Å². The third kappa shape index (κ3) is 2.96. The van der Waals surface area contributed by atoms with Gasteiger partial charge in [-0.05, 0) is 29.8 Å². The Kier molecular flexibility index (Phi) is 4.54. The molecule has 0 radical (unpaired) electrons. The van der Waals surface area contributed by atoms with E-state index in [1.165, 1.54) is 12.1 Å². The first kappa shape index (κ1) is 17.7. The third-order valence-electron chi connectivity index (χ3n) is 4.02. The highest BCUT2D eigenvalue weighted by molar-refractivity contribution is 5.48. The number of phenols is 2. The van der Waals surface area contributed by atoms with Gasteiger partial charge in [0, 0.05) is 17.0 Å². The Labute approximate surface area is 144 Å². The minimum absolute atomic E-state index is 0.182. The highest BCUT2D eigenvalue weighted by Gasteiger charge is 2.28. The molecule has 3 rings (SSSR count). The quantitative estimate of drug-likeness (QED) is 0.507. The van der Waals surface area contributed by atoms with Gasteiger partial charge >= 0.3 is 0 Å². The number of hydrogen-bond acceptors (Lipinski definition) is 2. The van der Waals surface area contributed by atoms with Gasteiger partial charge in [0.1, 0.15) is 5.82 Å². The Morgan fingerprint density at radius 2 is 1.00 bits per heavy atom. The van der Waals surface area contributed by atoms with E-state index in [9.17, 15) is 32.2 Å². The van der Waals surface area contributed by atoms with Gasteiger partial charge in [-0.25, -0.2) is 22.0 Å². The molecule has 0 aromatic heterocycles. The van der Waals surface area contributed by atoms with Crippen LogP contribution in [0.3, 0.4) is 0 Å². The summed E-state index contributed by atoms with van der Waals surface area (Å²) in [6.45, 7) is 0. The fraction of sp³-hybridized carbons (Fsp3) is 0.0526. The zero-order valence-corrected chi connectivity index (χ0v) is 13.0. The van der Waals surface area contributed by atoms with Crippen molar-refractivity contribution in [3.63, 3.8) is 0 Å². The minimum atomic E-state index is -1.34. The van der Waals surface area contributed by atoms with Gasteiger partial charge in [-0.3, -0.25) is 0 Å². The Morgan fingerprint density at radius 3 is 1.42 bits per heavy atom. The molecular weight excluding hydrogens is 355 g/mol. The number of hydrogen-bond donors (Lipinski definition) is 2. The van der Waals surface area contributed by atoms with Gasteiger partial charge in [-0.15, -0.1) is 0 Å². The molecule has 0 aliphatic heterocycles. The first-order valence-electron chi connectivity index (χ1n) is 7.40. The zero-order valence-electron chi connectivity index (χ0n) is 13.0. The number of halogens is 5. The molecule has 7 heteroatoms. The Hall–Kier alpha value is -3.09. The van der Waals surface area contributed by atoms with E-state index < -0.39 is 46.5 Å². The van der Waals surface area contributed by atoms with E-state index in [4.69, 9.17) is 0 Å². The summed E-state index contributed by atoms with van der Waals surface area (Å²) in [6, 6.07) is 8.10. The van der Waals surface area contributed by atoms with Gasteiger partial charge in [-0.2, -0.15) is 0 Å². The molecule has 0 saturated heterocycles. The first-order valence-corrected chi connectivity index (χ1v) is 7.40. The van der Waals surface area contributed by atoms with E-state index in [1.54, 1.807) is 0 Å². The highest BCUT2D eigenvalue weighted by atomic mass is 19.1. The Morgan fingerprint density at radius 1 is 0.577 bits per heavy atom. The van der Waals surface area contributed by atoms with Crippen LogP contribution in [0.5, 0.6) is 11.5 Å². The number of aromatic hydroxyl groups is 2. The second-order valence-electron chi connectivity index (χ2n) is 5.58. The van der Waals surface area contributed by atoms with Crippen LogP contribution in [0.15, 0.2) is 48.5 Å². The number of benzene rings is 3. The maximum absolute atomic E-state index is 14.5. The Balaban J connectivity index is 2.30. The maximum Gasteiger partial charge on any atom is 0.188 e. The molecule has 134 valence electrons. The van der Waals surface area contributed by atoms with Crippen LogP contribution in [0, 0.1) is 29.1 Å². The SMILES string of the molecule is Oc1c(F)ccc(C(c2ccc(F)cc2)c2ccc(F)c(O)c2F)c1F. The van der Waals surface area contributed by atoms with Crippen LogP contribution in [-0.4, -0.2) is 10.2 Å². The van der Waals surface area contributed by atoms with Crippen LogP contribution >= 0.6 is 0 Å². The maximum atomic E-state index is 14.5. The predicted octanol–water partition coefficient (Wildman–Crippen LogP) is 4.97. The lowest BCUT2D eigenvalue weighted by atomic mass is 9.84. The average molecular weight is 366 g/mol. The number of phenolic OH excluding ortho intramolecular Hbond substituents is 2. The van der Waals surface area contributed by atoms with E-state index in [2.05, 4.69) is 0 Å². The topological polar surface area (TPSA) is 40.5 Å². The molecule has 2 nitrogen and oxygen atoms in total. The molecule has 0 aliphatic carbocycles. The monoisotopic (exact) mass is 366 g/mol. The number of rotatable bonds is 3. The van der Waals surface area contributed by atoms with Crippen molar-refractivity contribution in [3.05, 3.63) is 94.3 Å². The molecule has 0 heterocycles. The van der Waals surface area contributed by atoms with Crippen molar-refractivity contribution in [2.24, 2.45) is 0 Å². The van der Waals surface area contributed by atoms with Crippen molar-refractivity contribution in [1.82, 2.24) is 0 Å². The summed E-state index contributed by atoms with van der Waals surface area (Å²) in [7, 11) is 0. The van der Waals surface area contributed by atoms with Crippen molar-refractivity contribution < 1.29 is 32.2 Å². The lowest BCUT2D eigenvalue weighted by Crippen LogP contribution is -2.09. The molecule has 0 unspecified atom stereocenters. The minimum Gasteiger partial charge on any atom is -0.503 e. The average Bonchev–Trinajstić information content (AvgIpc) is 2.63. The summed E-state index contributed by atoms with van der Waals surface area (Å²) in [5.41, 5.74) is -0.484. The van der Waals surface area contributed by atoms with Crippen LogP contribution in [-0.2, 0) is 0 Å². The van der Waals surface area contributed by atoms with Crippen molar-refractivity contribution >= 4 is 0 Å². The van der Waals surface area contributed by atoms with E-state index in [0.29, 0.717) is 0 Å². The van der Waals surface area contributed by atoms with Gasteiger partial charge in [0.15, 0.2) is 34.8 Å². The van der Waals surface area contributed by atoms with Crippen LogP contribution in [0.2, 0.25) is 0 Å². The molecule has 0 aliphatic rings. The third-order valence-corrected chi connectivity index (χ3v) is 4.02. The van der Waals surface area contributed by atoms with E-state index in [1.807, 2.05) is 0 Å². The molecular formula is C19H11F5O2. The summed E-state index contributed by atoms with van der Waals surface area (Å²) in [5, 5.41) is 19.1. The summed E-state index contributed by atoms with van der Waals surface area (Å²) < 4.78 is 68.9. The van der Waals surface area contributed by atoms with Crippen molar-refractivity contribution in [2.45, 2.75) is 5.92 Å². The first-order chi connectivity index (χ1) is 12.3. The highest BCUT2D eigenvalue weighted by Crippen LogP contribution is 2.40. The van der Waals surface area contributed by atoms with Gasteiger partial charge in [0.25, 0.3) is 0 Å². The van der Waals surface area contributed by atoms with Crippen LogP contribution in [0.25, 0.3) is 0 Å². The van der Waals surface area contributed by atoms with Crippen LogP contribution < -0.4 is 0 Å². The molecule has 0 bridgehead atoms. The second-order valence-corrected chi connectivity index (χ2v) is 5.58. The normalized spacial score (nSPS) is 11.2. The predicted molar refractivity (Wildman–Crippen MR) is 83.4 cm³/mol. The van der Waals surface area contributed by atoms with Crippen molar-refractivity contribution in [3.8, 4) is 11.5 Å². The fourth-order valence-corrected chi connectivity index (χ4v) is 2.74. The molecule has 26 heavy (non-hydrogen) atoms. The largest absolute Gasteiger partial charge is 0.503 e. The van der Waals surface area contributed by atoms with Crippen LogP contribution in [0.1, 0.15) is 22.6 Å². The summed E-state index contributed by atoms with van der Waals surface area (Å²) in [6.07, 6.45) is 0. The summed E-state index contributed by atoms with van der Waals surface area (Å²) in [4.78, 5) is 0. The standard InChI is InChI=1S/C19H11F5O2/c20-10-3-1-9(2-4-10)15(11-5-7-13(21)18(25)16(11)23)12-6-8-14(22)19(26)17(12)24/h1-8,15,25-26H. The van der Waals surface area contributed by atoms with E-state index in [-0.39, 0.29) is 16.7 Å². The fourth-order valence-electron chi connectivity index (χ4n) is 2.74. The Bertz CT molecular complexity index is 913. The van der Waals surface area contributed by atoms with Crippen LogP contribution in [0.4, 0.5) is 22.0 Å². The van der Waals surface area contributed by atoms with Gasteiger partial charge in [0.2, 0.25) is 0 Å². The zero-order chi connectivity index (χ0) is 19.0. The second kappa shape index (κ2) is 6.67. The molecule has 0 atom stereocenters. The lowest BCUT2D eigenvalue weighted by Gasteiger charge is -2.21. The molecule has 0 amide bonds. The smallest absolute Gasteiger partial charge is 0.188 e. The molecule has 0 spiro atoms. The molecule has 0 fully saturated rings. The van der Waals surface area contributed by atoms with E-state index >= 15 is 0 Å². The molecule has 3 aromatic rings.